The number of carbonyl (C=O) groups is 1. The SMILES string of the molecule is CC(C)(C)OC(=O)N1CCC(CCN)c2sccc2C1. The maximum atomic E-state index is 12.2. The van der Waals surface area contributed by atoms with E-state index in [4.69, 9.17) is 10.5 Å². The summed E-state index contributed by atoms with van der Waals surface area (Å²) >= 11 is 1.78. The van der Waals surface area contributed by atoms with Crippen LogP contribution < -0.4 is 5.73 Å². The summed E-state index contributed by atoms with van der Waals surface area (Å²) in [6.07, 6.45) is 1.72. The van der Waals surface area contributed by atoms with Gasteiger partial charge < -0.3 is 15.4 Å². The van der Waals surface area contributed by atoms with E-state index in [0.717, 1.165) is 19.4 Å². The second kappa shape index (κ2) is 6.14. The van der Waals surface area contributed by atoms with Gasteiger partial charge in [0.1, 0.15) is 5.60 Å². The Morgan fingerprint density at radius 1 is 1.55 bits per heavy atom. The fourth-order valence-electron chi connectivity index (χ4n) is 2.52. The highest BCUT2D eigenvalue weighted by molar-refractivity contribution is 7.10. The van der Waals surface area contributed by atoms with Crippen LogP contribution in [0.25, 0.3) is 0 Å². The second-order valence-corrected chi connectivity index (χ2v) is 7.22. The van der Waals surface area contributed by atoms with Gasteiger partial charge in [0.05, 0.1) is 6.54 Å². The lowest BCUT2D eigenvalue weighted by atomic mass is 9.98. The number of thiophene rings is 1. The summed E-state index contributed by atoms with van der Waals surface area (Å²) in [6.45, 7) is 7.77. The third-order valence-corrected chi connectivity index (χ3v) is 4.55. The normalized spacial score (nSPS) is 19.4. The van der Waals surface area contributed by atoms with Gasteiger partial charge >= 0.3 is 6.09 Å². The number of amides is 1. The molecule has 1 aromatic heterocycles. The smallest absolute Gasteiger partial charge is 0.410 e. The number of hydrogen-bond donors (Lipinski definition) is 1. The molecule has 0 aliphatic carbocycles. The van der Waals surface area contributed by atoms with E-state index in [1.54, 1.807) is 11.3 Å². The van der Waals surface area contributed by atoms with Crippen LogP contribution in [0, 0.1) is 0 Å². The molecule has 1 aliphatic rings. The summed E-state index contributed by atoms with van der Waals surface area (Å²) in [5, 5.41) is 2.10. The van der Waals surface area contributed by atoms with Crippen LogP contribution in [0.5, 0.6) is 0 Å². The van der Waals surface area contributed by atoms with Crippen molar-refractivity contribution in [3.8, 4) is 0 Å². The summed E-state index contributed by atoms with van der Waals surface area (Å²) in [6, 6.07) is 2.12. The van der Waals surface area contributed by atoms with E-state index in [1.807, 2.05) is 25.7 Å². The Hall–Kier alpha value is -1.07. The Kier molecular flexibility index (Phi) is 4.70. The highest BCUT2D eigenvalue weighted by atomic mass is 32.1. The molecule has 1 aromatic rings. The zero-order chi connectivity index (χ0) is 14.8. The molecule has 4 nitrogen and oxygen atoms in total. The lowest BCUT2D eigenvalue weighted by Crippen LogP contribution is -2.36. The van der Waals surface area contributed by atoms with E-state index >= 15 is 0 Å². The highest BCUT2D eigenvalue weighted by Crippen LogP contribution is 2.35. The summed E-state index contributed by atoms with van der Waals surface area (Å²) in [5.41, 5.74) is 6.51. The number of nitrogens with zero attached hydrogens (tertiary/aromatic N) is 1. The van der Waals surface area contributed by atoms with Gasteiger partial charge in [0.2, 0.25) is 0 Å². The number of hydrogen-bond acceptors (Lipinski definition) is 4. The minimum atomic E-state index is -0.447. The molecule has 112 valence electrons. The van der Waals surface area contributed by atoms with Crippen molar-refractivity contribution in [1.82, 2.24) is 4.90 Å². The van der Waals surface area contributed by atoms with Gasteiger partial charge in [-0.05, 0) is 63.1 Å². The lowest BCUT2D eigenvalue weighted by molar-refractivity contribution is 0.0234. The molecule has 0 saturated heterocycles. The predicted molar refractivity (Wildman–Crippen MR) is 82.0 cm³/mol. The molecular weight excluding hydrogens is 272 g/mol. The predicted octanol–water partition coefficient (Wildman–Crippen LogP) is 3.32. The fraction of sp³-hybridized carbons (Fsp3) is 0.667. The van der Waals surface area contributed by atoms with E-state index in [9.17, 15) is 4.79 Å². The molecule has 2 N–H and O–H groups in total. The molecule has 2 rings (SSSR count). The molecule has 1 unspecified atom stereocenters. The van der Waals surface area contributed by atoms with Crippen LogP contribution in [0.3, 0.4) is 0 Å². The Balaban J connectivity index is 2.12. The van der Waals surface area contributed by atoms with Gasteiger partial charge in [-0.2, -0.15) is 0 Å². The quantitative estimate of drug-likeness (QED) is 0.911. The molecule has 0 spiro atoms. The Bertz CT molecular complexity index is 465. The molecule has 20 heavy (non-hydrogen) atoms. The summed E-state index contributed by atoms with van der Waals surface area (Å²) in [5.74, 6) is 0.474. The minimum Gasteiger partial charge on any atom is -0.444 e. The Morgan fingerprint density at radius 2 is 2.30 bits per heavy atom. The van der Waals surface area contributed by atoms with Crippen LogP contribution in [0.2, 0.25) is 0 Å². The third kappa shape index (κ3) is 3.73. The Morgan fingerprint density at radius 3 is 2.95 bits per heavy atom. The van der Waals surface area contributed by atoms with Crippen molar-refractivity contribution in [3.63, 3.8) is 0 Å². The molecule has 2 heterocycles. The maximum absolute atomic E-state index is 12.2. The van der Waals surface area contributed by atoms with Crippen molar-refractivity contribution in [2.75, 3.05) is 13.1 Å². The van der Waals surface area contributed by atoms with E-state index in [1.165, 1.54) is 10.4 Å². The van der Waals surface area contributed by atoms with Gasteiger partial charge in [-0.1, -0.05) is 0 Å². The number of ether oxygens (including phenoxy) is 1. The number of nitrogens with two attached hydrogens (primary N) is 1. The first-order chi connectivity index (χ1) is 9.40. The van der Waals surface area contributed by atoms with E-state index in [0.29, 0.717) is 19.0 Å². The molecule has 0 radical (unpaired) electrons. The average molecular weight is 296 g/mol. The minimum absolute atomic E-state index is 0.219. The molecule has 0 saturated carbocycles. The van der Waals surface area contributed by atoms with Crippen LogP contribution in [-0.4, -0.2) is 29.7 Å². The van der Waals surface area contributed by atoms with E-state index < -0.39 is 5.60 Å². The largest absolute Gasteiger partial charge is 0.444 e. The topological polar surface area (TPSA) is 55.6 Å². The zero-order valence-electron chi connectivity index (χ0n) is 12.5. The molecule has 0 fully saturated rings. The molecule has 1 aliphatic heterocycles. The van der Waals surface area contributed by atoms with Gasteiger partial charge in [0.15, 0.2) is 0 Å². The van der Waals surface area contributed by atoms with Gasteiger partial charge in [0.25, 0.3) is 0 Å². The van der Waals surface area contributed by atoms with Crippen LogP contribution >= 0.6 is 11.3 Å². The van der Waals surface area contributed by atoms with Crippen LogP contribution in [0.1, 0.15) is 50.0 Å². The maximum Gasteiger partial charge on any atom is 0.410 e. The summed E-state index contributed by atoms with van der Waals surface area (Å²) < 4.78 is 5.49. The fourth-order valence-corrected chi connectivity index (χ4v) is 3.61. The van der Waals surface area contributed by atoms with Crippen molar-refractivity contribution in [2.45, 2.75) is 51.7 Å². The first kappa shape index (κ1) is 15.3. The van der Waals surface area contributed by atoms with Gasteiger partial charge in [-0.15, -0.1) is 11.3 Å². The molecule has 0 aromatic carbocycles. The average Bonchev–Trinajstić information content (AvgIpc) is 2.72. The monoisotopic (exact) mass is 296 g/mol. The standard InChI is InChI=1S/C15H24N2O2S/c1-15(2,3)19-14(18)17-8-5-11(4-7-16)13-12(10-17)6-9-20-13/h6,9,11H,4-5,7-8,10,16H2,1-3H3. The second-order valence-electron chi connectivity index (χ2n) is 6.27. The molecule has 5 heteroatoms. The van der Waals surface area contributed by atoms with Crippen molar-refractivity contribution in [3.05, 3.63) is 21.9 Å². The Labute approximate surface area is 124 Å². The van der Waals surface area contributed by atoms with Crippen LogP contribution in [0.4, 0.5) is 4.79 Å². The van der Waals surface area contributed by atoms with Crippen LogP contribution in [-0.2, 0) is 11.3 Å². The van der Waals surface area contributed by atoms with Crippen molar-refractivity contribution < 1.29 is 9.53 Å². The lowest BCUT2D eigenvalue weighted by Gasteiger charge is -2.26. The van der Waals surface area contributed by atoms with Crippen molar-refractivity contribution >= 4 is 17.4 Å². The summed E-state index contributed by atoms with van der Waals surface area (Å²) in [7, 11) is 0. The number of rotatable bonds is 2. The van der Waals surface area contributed by atoms with Crippen molar-refractivity contribution in [1.29, 1.82) is 0 Å². The molecule has 1 atom stereocenters. The van der Waals surface area contributed by atoms with Gasteiger partial charge in [0, 0.05) is 11.4 Å². The number of carbonyl (C=O) groups excluding carboxylic acids is 1. The first-order valence-corrected chi connectivity index (χ1v) is 8.03. The molecule has 1 amide bonds. The molecular formula is C15H24N2O2S. The van der Waals surface area contributed by atoms with Crippen LogP contribution in [0.15, 0.2) is 11.4 Å². The van der Waals surface area contributed by atoms with Gasteiger partial charge in [-0.25, -0.2) is 4.79 Å². The summed E-state index contributed by atoms with van der Waals surface area (Å²) in [4.78, 5) is 15.4. The first-order valence-electron chi connectivity index (χ1n) is 7.15. The van der Waals surface area contributed by atoms with Gasteiger partial charge in [-0.3, -0.25) is 0 Å². The van der Waals surface area contributed by atoms with E-state index in [2.05, 4.69) is 11.4 Å². The third-order valence-electron chi connectivity index (χ3n) is 3.43. The highest BCUT2D eigenvalue weighted by Gasteiger charge is 2.28. The number of fused-ring (bicyclic) bond motifs is 1. The van der Waals surface area contributed by atoms with E-state index in [-0.39, 0.29) is 6.09 Å². The zero-order valence-corrected chi connectivity index (χ0v) is 13.3. The van der Waals surface area contributed by atoms with Crippen molar-refractivity contribution in [2.24, 2.45) is 5.73 Å². The molecule has 0 bridgehead atoms.